The summed E-state index contributed by atoms with van der Waals surface area (Å²) in [5.41, 5.74) is 2.56. The second-order valence-electron chi connectivity index (χ2n) is 5.28. The molecule has 22 heavy (non-hydrogen) atoms. The minimum absolute atomic E-state index is 0.856. The van der Waals surface area contributed by atoms with E-state index in [2.05, 4.69) is 69.8 Å². The van der Waals surface area contributed by atoms with E-state index < -0.39 is 0 Å². The fraction of sp³-hybridized carbons (Fsp3) is 0.158. The monoisotopic (exact) mass is 355 g/mol. The summed E-state index contributed by atoms with van der Waals surface area (Å²) in [6.45, 7) is 1.72. The van der Waals surface area contributed by atoms with E-state index in [9.17, 15) is 0 Å². The maximum absolute atomic E-state index is 5.26. The number of ether oxygens (including phenoxy) is 1. The van der Waals surface area contributed by atoms with Gasteiger partial charge in [0.25, 0.3) is 0 Å². The predicted octanol–water partition coefficient (Wildman–Crippen LogP) is 4.90. The molecule has 0 radical (unpaired) electrons. The van der Waals surface area contributed by atoms with E-state index in [4.69, 9.17) is 4.74 Å². The lowest BCUT2D eigenvalue weighted by Gasteiger charge is -2.08. The topological polar surface area (TPSA) is 21.3 Å². The van der Waals surface area contributed by atoms with Gasteiger partial charge in [0.1, 0.15) is 5.75 Å². The van der Waals surface area contributed by atoms with Crippen molar-refractivity contribution >= 4 is 26.7 Å². The number of nitrogens with one attached hydrogen (secondary N) is 1. The highest BCUT2D eigenvalue weighted by molar-refractivity contribution is 9.10. The fourth-order valence-corrected chi connectivity index (χ4v) is 2.95. The van der Waals surface area contributed by atoms with E-state index in [0.29, 0.717) is 0 Å². The molecule has 0 fully saturated rings. The Hall–Kier alpha value is -1.84. The van der Waals surface area contributed by atoms with Gasteiger partial charge in [-0.05, 0) is 52.2 Å². The molecule has 0 aliphatic carbocycles. The maximum atomic E-state index is 5.26. The second-order valence-corrected chi connectivity index (χ2v) is 6.20. The Morgan fingerprint density at radius 2 is 1.59 bits per heavy atom. The van der Waals surface area contributed by atoms with Gasteiger partial charge in [-0.2, -0.15) is 0 Å². The second kappa shape index (κ2) is 6.95. The Bertz CT molecular complexity index is 785. The first-order valence-electron chi connectivity index (χ1n) is 7.26. The first-order valence-corrected chi connectivity index (χ1v) is 8.06. The van der Waals surface area contributed by atoms with Gasteiger partial charge in [0.15, 0.2) is 0 Å². The van der Waals surface area contributed by atoms with Gasteiger partial charge in [-0.3, -0.25) is 0 Å². The lowest BCUT2D eigenvalue weighted by atomic mass is 10.1. The molecule has 0 unspecified atom stereocenters. The molecule has 0 aliphatic heterocycles. The molecule has 3 aromatic carbocycles. The van der Waals surface area contributed by atoms with Crippen LogP contribution in [-0.2, 0) is 13.1 Å². The van der Waals surface area contributed by atoms with Crippen molar-refractivity contribution in [2.24, 2.45) is 0 Å². The van der Waals surface area contributed by atoms with Crippen LogP contribution < -0.4 is 10.1 Å². The number of methoxy groups -OCH3 is 1. The molecule has 0 heterocycles. The van der Waals surface area contributed by atoms with Crippen molar-refractivity contribution < 1.29 is 4.74 Å². The minimum Gasteiger partial charge on any atom is -0.497 e. The van der Waals surface area contributed by atoms with Crippen molar-refractivity contribution in [1.82, 2.24) is 5.32 Å². The Kier molecular flexibility index (Phi) is 4.76. The normalized spacial score (nSPS) is 10.8. The molecule has 0 amide bonds. The van der Waals surface area contributed by atoms with Gasteiger partial charge >= 0.3 is 0 Å². The highest BCUT2D eigenvalue weighted by Gasteiger charge is 2.00. The number of hydrogen-bond acceptors (Lipinski definition) is 2. The minimum atomic E-state index is 0.856. The van der Waals surface area contributed by atoms with Gasteiger partial charge in [-0.25, -0.2) is 0 Å². The SMILES string of the molecule is COc1ccc2cc(CNCc3cccc(Br)c3)ccc2c1. The lowest BCUT2D eigenvalue weighted by molar-refractivity contribution is 0.415. The van der Waals surface area contributed by atoms with Crippen molar-refractivity contribution in [2.75, 3.05) is 7.11 Å². The molecular weight excluding hydrogens is 338 g/mol. The standard InChI is InChI=1S/C19H18BrNO/c1-22-19-8-7-16-9-15(5-6-17(16)11-19)13-21-12-14-3-2-4-18(20)10-14/h2-11,21H,12-13H2,1H3. The zero-order valence-corrected chi connectivity index (χ0v) is 14.1. The van der Waals surface area contributed by atoms with Crippen LogP contribution in [0.5, 0.6) is 5.75 Å². The van der Waals surface area contributed by atoms with Crippen molar-refractivity contribution in [1.29, 1.82) is 0 Å². The highest BCUT2D eigenvalue weighted by Crippen LogP contribution is 2.22. The molecule has 0 bridgehead atoms. The molecule has 3 aromatic rings. The van der Waals surface area contributed by atoms with Crippen LogP contribution in [0.4, 0.5) is 0 Å². The van der Waals surface area contributed by atoms with E-state index in [0.717, 1.165) is 23.3 Å². The molecule has 1 N–H and O–H groups in total. The number of fused-ring (bicyclic) bond motifs is 1. The van der Waals surface area contributed by atoms with Crippen LogP contribution in [0, 0.1) is 0 Å². The molecule has 0 aromatic heterocycles. The maximum Gasteiger partial charge on any atom is 0.119 e. The van der Waals surface area contributed by atoms with Crippen LogP contribution in [0.25, 0.3) is 10.8 Å². The van der Waals surface area contributed by atoms with Crippen LogP contribution in [0.15, 0.2) is 65.1 Å². The predicted molar refractivity (Wildman–Crippen MR) is 95.2 cm³/mol. The number of halogens is 1. The summed E-state index contributed by atoms with van der Waals surface area (Å²) in [6.07, 6.45) is 0. The molecule has 112 valence electrons. The molecule has 0 saturated carbocycles. The van der Waals surface area contributed by atoms with Crippen LogP contribution in [0.2, 0.25) is 0 Å². The van der Waals surface area contributed by atoms with Crippen LogP contribution in [0.1, 0.15) is 11.1 Å². The van der Waals surface area contributed by atoms with Crippen molar-refractivity contribution in [2.45, 2.75) is 13.1 Å². The largest absolute Gasteiger partial charge is 0.497 e. The Balaban J connectivity index is 1.66. The molecule has 3 heteroatoms. The van der Waals surface area contributed by atoms with Gasteiger partial charge in [-0.1, -0.05) is 46.3 Å². The summed E-state index contributed by atoms with van der Waals surface area (Å²) in [4.78, 5) is 0. The molecule has 0 atom stereocenters. The first kappa shape index (κ1) is 15.1. The molecule has 0 spiro atoms. The summed E-state index contributed by atoms with van der Waals surface area (Å²) < 4.78 is 6.38. The van der Waals surface area contributed by atoms with Gasteiger partial charge in [0.05, 0.1) is 7.11 Å². The van der Waals surface area contributed by atoms with Gasteiger partial charge < -0.3 is 10.1 Å². The third-order valence-corrected chi connectivity index (χ3v) is 4.15. The van der Waals surface area contributed by atoms with Crippen LogP contribution >= 0.6 is 15.9 Å². The summed E-state index contributed by atoms with van der Waals surface area (Å²) in [6, 6.07) is 21.1. The van der Waals surface area contributed by atoms with E-state index in [-0.39, 0.29) is 0 Å². The van der Waals surface area contributed by atoms with E-state index >= 15 is 0 Å². The summed E-state index contributed by atoms with van der Waals surface area (Å²) in [5.74, 6) is 0.896. The fourth-order valence-electron chi connectivity index (χ4n) is 2.51. The zero-order valence-electron chi connectivity index (χ0n) is 12.5. The summed E-state index contributed by atoms with van der Waals surface area (Å²) >= 11 is 3.50. The lowest BCUT2D eigenvalue weighted by Crippen LogP contribution is -2.12. The van der Waals surface area contributed by atoms with Crippen molar-refractivity contribution in [3.63, 3.8) is 0 Å². The molecule has 3 rings (SSSR count). The van der Waals surface area contributed by atoms with Gasteiger partial charge in [0, 0.05) is 17.6 Å². The number of hydrogen-bond donors (Lipinski definition) is 1. The smallest absolute Gasteiger partial charge is 0.119 e. The number of rotatable bonds is 5. The van der Waals surface area contributed by atoms with E-state index in [1.54, 1.807) is 7.11 Å². The zero-order chi connectivity index (χ0) is 15.4. The van der Waals surface area contributed by atoms with Crippen molar-refractivity contribution in [3.05, 3.63) is 76.3 Å². The van der Waals surface area contributed by atoms with Crippen LogP contribution in [-0.4, -0.2) is 7.11 Å². The third kappa shape index (κ3) is 3.67. The van der Waals surface area contributed by atoms with Gasteiger partial charge in [-0.15, -0.1) is 0 Å². The quantitative estimate of drug-likeness (QED) is 0.702. The third-order valence-electron chi connectivity index (χ3n) is 3.66. The highest BCUT2D eigenvalue weighted by atomic mass is 79.9. The number of benzene rings is 3. The summed E-state index contributed by atoms with van der Waals surface area (Å²) in [5, 5.41) is 5.93. The van der Waals surface area contributed by atoms with Gasteiger partial charge in [0.2, 0.25) is 0 Å². The first-order chi connectivity index (χ1) is 10.7. The molecule has 0 saturated heterocycles. The molecular formula is C19H18BrNO. The van der Waals surface area contributed by atoms with E-state index in [1.807, 2.05) is 12.1 Å². The van der Waals surface area contributed by atoms with E-state index in [1.165, 1.54) is 21.9 Å². The Morgan fingerprint density at radius 3 is 2.36 bits per heavy atom. The summed E-state index contributed by atoms with van der Waals surface area (Å²) in [7, 11) is 1.70. The molecule has 0 aliphatic rings. The Morgan fingerprint density at radius 1 is 0.864 bits per heavy atom. The van der Waals surface area contributed by atoms with Crippen molar-refractivity contribution in [3.8, 4) is 5.75 Å². The molecule has 2 nitrogen and oxygen atoms in total. The van der Waals surface area contributed by atoms with Crippen LogP contribution in [0.3, 0.4) is 0 Å². The Labute approximate surface area is 139 Å². The average molecular weight is 356 g/mol. The average Bonchev–Trinajstić information content (AvgIpc) is 2.54.